The van der Waals surface area contributed by atoms with Crippen molar-refractivity contribution >= 4 is 16.9 Å². The van der Waals surface area contributed by atoms with Gasteiger partial charge in [-0.15, -0.1) is 0 Å². The van der Waals surface area contributed by atoms with Gasteiger partial charge in [0.1, 0.15) is 5.69 Å². The van der Waals surface area contributed by atoms with Crippen LogP contribution in [0.1, 0.15) is 35.0 Å². The zero-order chi connectivity index (χ0) is 12.4. The van der Waals surface area contributed by atoms with E-state index in [0.717, 1.165) is 17.3 Å². The van der Waals surface area contributed by atoms with Crippen LogP contribution in [0.3, 0.4) is 0 Å². The predicted octanol–water partition coefficient (Wildman–Crippen LogP) is 3.35. The first-order valence-electron chi connectivity index (χ1n) is 5.89. The molecule has 1 aromatic carbocycles. The van der Waals surface area contributed by atoms with Crippen LogP contribution >= 0.6 is 0 Å². The third-order valence-electron chi connectivity index (χ3n) is 2.75. The van der Waals surface area contributed by atoms with Crippen LogP contribution in [0.2, 0.25) is 0 Å². The van der Waals surface area contributed by atoms with Crippen molar-refractivity contribution in [3.63, 3.8) is 0 Å². The van der Waals surface area contributed by atoms with E-state index in [1.165, 1.54) is 11.1 Å². The third-order valence-corrected chi connectivity index (χ3v) is 2.75. The van der Waals surface area contributed by atoms with Crippen molar-refractivity contribution in [3.8, 4) is 0 Å². The normalized spacial score (nSPS) is 10.8. The van der Waals surface area contributed by atoms with Gasteiger partial charge >= 0.3 is 5.97 Å². The van der Waals surface area contributed by atoms with Crippen LogP contribution in [0.15, 0.2) is 18.2 Å². The Hall–Kier alpha value is -1.77. The maximum Gasteiger partial charge on any atom is 0.354 e. The van der Waals surface area contributed by atoms with Crippen molar-refractivity contribution in [1.82, 2.24) is 4.98 Å². The second kappa shape index (κ2) is 4.62. The standard InChI is InChI=1S/C14H17NO2/c1-4-5-17-14(16)13-8-11-10(3)6-9(2)7-12(11)15-13/h6-8,15H,4-5H2,1-3H3. The number of hydrogen-bond donors (Lipinski definition) is 1. The molecule has 90 valence electrons. The lowest BCUT2D eigenvalue weighted by molar-refractivity contribution is 0.0499. The number of carbonyl (C=O) groups excluding carboxylic acids is 1. The van der Waals surface area contributed by atoms with Crippen LogP contribution in [-0.4, -0.2) is 17.6 Å². The van der Waals surface area contributed by atoms with Crippen LogP contribution in [0.4, 0.5) is 0 Å². The smallest absolute Gasteiger partial charge is 0.354 e. The molecule has 0 spiro atoms. The van der Waals surface area contributed by atoms with Crippen molar-refractivity contribution in [2.45, 2.75) is 27.2 Å². The van der Waals surface area contributed by atoms with E-state index in [9.17, 15) is 4.79 Å². The predicted molar refractivity (Wildman–Crippen MR) is 68.3 cm³/mol. The van der Waals surface area contributed by atoms with Gasteiger partial charge < -0.3 is 9.72 Å². The van der Waals surface area contributed by atoms with Crippen molar-refractivity contribution < 1.29 is 9.53 Å². The van der Waals surface area contributed by atoms with E-state index in [2.05, 4.69) is 11.1 Å². The number of H-pyrrole nitrogens is 1. The van der Waals surface area contributed by atoms with E-state index >= 15 is 0 Å². The molecular weight excluding hydrogens is 214 g/mol. The van der Waals surface area contributed by atoms with E-state index in [1.54, 1.807) is 0 Å². The first-order valence-corrected chi connectivity index (χ1v) is 5.89. The molecular formula is C14H17NO2. The largest absolute Gasteiger partial charge is 0.461 e. The number of benzene rings is 1. The average Bonchev–Trinajstić information content (AvgIpc) is 2.69. The molecule has 1 heterocycles. The zero-order valence-electron chi connectivity index (χ0n) is 10.5. The number of fused-ring (bicyclic) bond motifs is 1. The summed E-state index contributed by atoms with van der Waals surface area (Å²) in [5.74, 6) is -0.278. The topological polar surface area (TPSA) is 42.1 Å². The molecule has 0 amide bonds. The number of aryl methyl sites for hydroxylation is 2. The highest BCUT2D eigenvalue weighted by Gasteiger charge is 2.11. The quantitative estimate of drug-likeness (QED) is 0.823. The van der Waals surface area contributed by atoms with E-state index in [0.29, 0.717) is 12.3 Å². The minimum absolute atomic E-state index is 0.278. The lowest BCUT2D eigenvalue weighted by Gasteiger charge is -1.99. The summed E-state index contributed by atoms with van der Waals surface area (Å²) >= 11 is 0. The number of aromatic nitrogens is 1. The molecule has 0 aliphatic heterocycles. The number of hydrogen-bond acceptors (Lipinski definition) is 2. The Morgan fingerprint density at radius 1 is 1.29 bits per heavy atom. The Morgan fingerprint density at radius 2 is 2.06 bits per heavy atom. The number of rotatable bonds is 3. The molecule has 0 unspecified atom stereocenters. The summed E-state index contributed by atoms with van der Waals surface area (Å²) in [6, 6.07) is 6.01. The minimum atomic E-state index is -0.278. The molecule has 0 bridgehead atoms. The summed E-state index contributed by atoms with van der Waals surface area (Å²) in [5, 5.41) is 1.08. The molecule has 2 aromatic rings. The molecule has 0 radical (unpaired) electrons. The minimum Gasteiger partial charge on any atom is -0.461 e. The fourth-order valence-corrected chi connectivity index (χ4v) is 1.98. The van der Waals surface area contributed by atoms with Gasteiger partial charge in [0.25, 0.3) is 0 Å². The van der Waals surface area contributed by atoms with Gasteiger partial charge in [-0.2, -0.15) is 0 Å². The van der Waals surface area contributed by atoms with E-state index in [4.69, 9.17) is 4.74 Å². The second-order valence-corrected chi connectivity index (χ2v) is 4.36. The third kappa shape index (κ3) is 2.33. The molecule has 0 fully saturated rings. The number of esters is 1. The zero-order valence-corrected chi connectivity index (χ0v) is 10.5. The molecule has 0 aliphatic rings. The summed E-state index contributed by atoms with van der Waals surface area (Å²) in [4.78, 5) is 14.8. The van der Waals surface area contributed by atoms with Crippen molar-refractivity contribution in [2.24, 2.45) is 0 Å². The molecule has 1 N–H and O–H groups in total. The van der Waals surface area contributed by atoms with Crippen LogP contribution in [0.25, 0.3) is 10.9 Å². The monoisotopic (exact) mass is 231 g/mol. The molecule has 3 heteroatoms. The molecule has 0 aliphatic carbocycles. The van der Waals surface area contributed by atoms with Gasteiger partial charge in [0.05, 0.1) is 6.61 Å². The van der Waals surface area contributed by atoms with Gasteiger partial charge in [-0.1, -0.05) is 13.0 Å². The summed E-state index contributed by atoms with van der Waals surface area (Å²) in [6.07, 6.45) is 0.837. The Labute approximate surface area is 101 Å². The molecule has 0 atom stereocenters. The fraction of sp³-hybridized carbons (Fsp3) is 0.357. The van der Waals surface area contributed by atoms with Crippen molar-refractivity contribution in [1.29, 1.82) is 0 Å². The highest BCUT2D eigenvalue weighted by Crippen LogP contribution is 2.21. The van der Waals surface area contributed by atoms with E-state index in [1.807, 2.05) is 32.9 Å². The van der Waals surface area contributed by atoms with Gasteiger partial charge in [-0.3, -0.25) is 0 Å². The first-order chi connectivity index (χ1) is 8.11. The number of ether oxygens (including phenoxy) is 1. The SMILES string of the molecule is CCCOC(=O)c1cc2c(C)cc(C)cc2[nH]1. The van der Waals surface area contributed by atoms with Gasteiger partial charge in [0.15, 0.2) is 0 Å². The first kappa shape index (κ1) is 11.7. The molecule has 3 nitrogen and oxygen atoms in total. The number of aromatic amines is 1. The maximum absolute atomic E-state index is 11.7. The van der Waals surface area contributed by atoms with E-state index in [-0.39, 0.29) is 5.97 Å². The van der Waals surface area contributed by atoms with Crippen LogP contribution < -0.4 is 0 Å². The van der Waals surface area contributed by atoms with Crippen LogP contribution in [0, 0.1) is 13.8 Å². The summed E-state index contributed by atoms with van der Waals surface area (Å²) in [6.45, 7) is 6.53. The average molecular weight is 231 g/mol. The summed E-state index contributed by atoms with van der Waals surface area (Å²) in [7, 11) is 0. The van der Waals surface area contributed by atoms with Gasteiger partial charge in [-0.25, -0.2) is 4.79 Å². The van der Waals surface area contributed by atoms with Crippen LogP contribution in [0.5, 0.6) is 0 Å². The van der Waals surface area contributed by atoms with Crippen molar-refractivity contribution in [2.75, 3.05) is 6.61 Å². The summed E-state index contributed by atoms with van der Waals surface area (Å²) < 4.78 is 5.11. The Morgan fingerprint density at radius 3 is 2.76 bits per heavy atom. The Balaban J connectivity index is 2.37. The second-order valence-electron chi connectivity index (χ2n) is 4.36. The molecule has 1 aromatic heterocycles. The number of nitrogens with one attached hydrogen (secondary N) is 1. The lowest BCUT2D eigenvalue weighted by Crippen LogP contribution is -2.05. The fourth-order valence-electron chi connectivity index (χ4n) is 1.98. The Bertz CT molecular complexity index is 555. The highest BCUT2D eigenvalue weighted by molar-refractivity contribution is 5.96. The molecule has 0 saturated carbocycles. The van der Waals surface area contributed by atoms with Gasteiger partial charge in [0, 0.05) is 10.9 Å². The molecule has 2 rings (SSSR count). The van der Waals surface area contributed by atoms with E-state index < -0.39 is 0 Å². The highest BCUT2D eigenvalue weighted by atomic mass is 16.5. The number of carbonyl (C=O) groups is 1. The molecule has 17 heavy (non-hydrogen) atoms. The Kier molecular flexibility index (Phi) is 3.18. The molecule has 0 saturated heterocycles. The van der Waals surface area contributed by atoms with Crippen molar-refractivity contribution in [3.05, 3.63) is 35.0 Å². The maximum atomic E-state index is 11.7. The lowest BCUT2D eigenvalue weighted by atomic mass is 10.1. The van der Waals surface area contributed by atoms with Crippen LogP contribution in [-0.2, 0) is 4.74 Å². The van der Waals surface area contributed by atoms with Gasteiger partial charge in [0.2, 0.25) is 0 Å². The summed E-state index contributed by atoms with van der Waals surface area (Å²) in [5.41, 5.74) is 3.88. The van der Waals surface area contributed by atoms with Gasteiger partial charge in [-0.05, 0) is 43.5 Å².